The van der Waals surface area contributed by atoms with Crippen LogP contribution >= 0.6 is 0 Å². The average Bonchev–Trinajstić information content (AvgIpc) is 3.19. The van der Waals surface area contributed by atoms with Crippen LogP contribution in [0.5, 0.6) is 0 Å². The summed E-state index contributed by atoms with van der Waals surface area (Å²) in [5, 5.41) is 10.4. The molecule has 3 rings (SSSR count). The van der Waals surface area contributed by atoms with Crippen molar-refractivity contribution < 1.29 is 9.53 Å². The van der Waals surface area contributed by atoms with Gasteiger partial charge in [0.05, 0.1) is 24.0 Å². The van der Waals surface area contributed by atoms with Gasteiger partial charge in [-0.15, -0.1) is 0 Å². The van der Waals surface area contributed by atoms with E-state index in [2.05, 4.69) is 27.4 Å². The quantitative estimate of drug-likeness (QED) is 0.800. The Kier molecular flexibility index (Phi) is 4.73. The highest BCUT2D eigenvalue weighted by Gasteiger charge is 2.43. The van der Waals surface area contributed by atoms with Gasteiger partial charge in [0.2, 0.25) is 5.91 Å². The second-order valence-electron chi connectivity index (χ2n) is 6.43. The second-order valence-corrected chi connectivity index (χ2v) is 6.43. The first kappa shape index (κ1) is 15.4. The third-order valence-corrected chi connectivity index (χ3v) is 4.97. The Morgan fingerprint density at radius 2 is 2.36 bits per heavy atom. The number of hydrogen-bond donors (Lipinski definition) is 1. The van der Waals surface area contributed by atoms with Crippen LogP contribution in [0.2, 0.25) is 0 Å². The van der Waals surface area contributed by atoms with E-state index in [1.165, 1.54) is 0 Å². The number of nitrogens with zero attached hydrogens (tertiary/aromatic N) is 4. The van der Waals surface area contributed by atoms with Gasteiger partial charge in [0.15, 0.2) is 0 Å². The maximum Gasteiger partial charge on any atom is 0.222 e. The summed E-state index contributed by atoms with van der Waals surface area (Å²) in [4.78, 5) is 16.8. The van der Waals surface area contributed by atoms with Crippen LogP contribution in [0.15, 0.2) is 6.20 Å². The molecule has 1 amide bonds. The van der Waals surface area contributed by atoms with E-state index in [9.17, 15) is 4.79 Å². The van der Waals surface area contributed by atoms with Crippen LogP contribution in [0.1, 0.15) is 31.4 Å². The molecule has 2 aliphatic heterocycles. The van der Waals surface area contributed by atoms with Crippen molar-refractivity contribution in [3.05, 3.63) is 11.9 Å². The number of likely N-dealkylation sites (N-methyl/N-ethyl adjacent to an activating group) is 1. The first-order valence-corrected chi connectivity index (χ1v) is 8.11. The standard InChI is InChI=1S/C15H25N5O2/c1-19-7-8-20(11-15(19)6-9-22-12-15)14(21)5-3-2-4-13-10-16-18-17-13/h10H,2-9,11-12H2,1H3,(H,16,17,18)/t15-/m1/s1. The first-order chi connectivity index (χ1) is 10.7. The van der Waals surface area contributed by atoms with Crippen molar-refractivity contribution in [3.63, 3.8) is 0 Å². The zero-order chi connectivity index (χ0) is 15.4. The molecule has 1 aromatic heterocycles. The molecule has 1 spiro atoms. The summed E-state index contributed by atoms with van der Waals surface area (Å²) in [7, 11) is 2.15. The molecule has 0 bridgehead atoms. The smallest absolute Gasteiger partial charge is 0.222 e. The summed E-state index contributed by atoms with van der Waals surface area (Å²) in [6.07, 6.45) is 6.15. The number of H-pyrrole nitrogens is 1. The number of aromatic amines is 1. The lowest BCUT2D eigenvalue weighted by Crippen LogP contribution is -2.62. The van der Waals surface area contributed by atoms with Crippen LogP contribution < -0.4 is 0 Å². The fourth-order valence-corrected chi connectivity index (χ4v) is 3.38. The van der Waals surface area contributed by atoms with Crippen molar-refractivity contribution in [2.45, 2.75) is 37.6 Å². The van der Waals surface area contributed by atoms with Crippen LogP contribution in [0, 0.1) is 0 Å². The predicted octanol–water partition coefficient (Wildman–Crippen LogP) is 0.451. The van der Waals surface area contributed by atoms with Crippen LogP contribution in [-0.4, -0.2) is 76.6 Å². The van der Waals surface area contributed by atoms with Crippen molar-refractivity contribution in [2.75, 3.05) is 39.9 Å². The summed E-state index contributed by atoms with van der Waals surface area (Å²) in [5.74, 6) is 0.277. The van der Waals surface area contributed by atoms with Crippen molar-refractivity contribution in [1.29, 1.82) is 0 Å². The summed E-state index contributed by atoms with van der Waals surface area (Å²) < 4.78 is 5.58. The number of carbonyl (C=O) groups excluding carboxylic acids is 1. The Morgan fingerprint density at radius 1 is 1.45 bits per heavy atom. The monoisotopic (exact) mass is 307 g/mol. The molecule has 3 heterocycles. The zero-order valence-electron chi connectivity index (χ0n) is 13.3. The minimum absolute atomic E-state index is 0.0502. The molecular weight excluding hydrogens is 282 g/mol. The Balaban J connectivity index is 1.44. The molecule has 0 aromatic carbocycles. The Hall–Kier alpha value is -1.47. The highest BCUT2D eigenvalue weighted by atomic mass is 16.5. The molecule has 7 nitrogen and oxygen atoms in total. The lowest BCUT2D eigenvalue weighted by Gasteiger charge is -2.46. The highest BCUT2D eigenvalue weighted by Crippen LogP contribution is 2.29. The minimum atomic E-state index is 0.0502. The van der Waals surface area contributed by atoms with Gasteiger partial charge in [-0.1, -0.05) is 0 Å². The molecule has 22 heavy (non-hydrogen) atoms. The predicted molar refractivity (Wildman–Crippen MR) is 81.3 cm³/mol. The molecule has 0 radical (unpaired) electrons. The number of aryl methyl sites for hydroxylation is 1. The highest BCUT2D eigenvalue weighted by molar-refractivity contribution is 5.76. The largest absolute Gasteiger partial charge is 0.379 e. The fraction of sp³-hybridized carbons (Fsp3) is 0.800. The van der Waals surface area contributed by atoms with Gasteiger partial charge in [-0.05, 0) is 32.7 Å². The summed E-state index contributed by atoms with van der Waals surface area (Å²) in [6, 6.07) is 0. The Morgan fingerprint density at radius 3 is 3.09 bits per heavy atom. The lowest BCUT2D eigenvalue weighted by atomic mass is 9.93. The van der Waals surface area contributed by atoms with Gasteiger partial charge >= 0.3 is 0 Å². The number of carbonyl (C=O) groups is 1. The van der Waals surface area contributed by atoms with Crippen LogP contribution in [-0.2, 0) is 16.0 Å². The van der Waals surface area contributed by atoms with Crippen molar-refractivity contribution in [3.8, 4) is 0 Å². The molecule has 2 aliphatic rings. The summed E-state index contributed by atoms with van der Waals surface area (Å²) >= 11 is 0. The third kappa shape index (κ3) is 3.30. The number of rotatable bonds is 5. The van der Waals surface area contributed by atoms with E-state index in [1.54, 1.807) is 6.20 Å². The van der Waals surface area contributed by atoms with Crippen molar-refractivity contribution in [2.24, 2.45) is 0 Å². The van der Waals surface area contributed by atoms with Gasteiger partial charge < -0.3 is 9.64 Å². The second kappa shape index (κ2) is 6.75. The molecule has 122 valence electrons. The molecule has 0 unspecified atom stereocenters. The van der Waals surface area contributed by atoms with E-state index in [0.29, 0.717) is 6.42 Å². The van der Waals surface area contributed by atoms with Crippen LogP contribution in [0.25, 0.3) is 0 Å². The average molecular weight is 307 g/mol. The fourth-order valence-electron chi connectivity index (χ4n) is 3.38. The molecule has 1 aromatic rings. The van der Waals surface area contributed by atoms with Gasteiger partial charge in [0.25, 0.3) is 0 Å². The van der Waals surface area contributed by atoms with E-state index >= 15 is 0 Å². The molecule has 2 fully saturated rings. The van der Waals surface area contributed by atoms with Gasteiger partial charge in [-0.3, -0.25) is 9.69 Å². The van der Waals surface area contributed by atoms with E-state index in [1.807, 2.05) is 4.90 Å². The Bertz CT molecular complexity index is 484. The molecule has 0 saturated carbocycles. The van der Waals surface area contributed by atoms with E-state index < -0.39 is 0 Å². The third-order valence-electron chi connectivity index (χ3n) is 4.97. The van der Waals surface area contributed by atoms with Crippen molar-refractivity contribution in [1.82, 2.24) is 25.2 Å². The van der Waals surface area contributed by atoms with Crippen molar-refractivity contribution >= 4 is 5.91 Å². The number of unbranched alkanes of at least 4 members (excludes halogenated alkanes) is 1. The van der Waals surface area contributed by atoms with Gasteiger partial charge in [-0.2, -0.15) is 15.4 Å². The van der Waals surface area contributed by atoms with Gasteiger partial charge in [0, 0.05) is 32.7 Å². The normalized spacial score (nSPS) is 26.0. The summed E-state index contributed by atoms with van der Waals surface area (Å²) in [5.41, 5.74) is 1.02. The molecule has 1 N–H and O–H groups in total. The van der Waals surface area contributed by atoms with Gasteiger partial charge in [-0.25, -0.2) is 0 Å². The van der Waals surface area contributed by atoms with E-state index in [-0.39, 0.29) is 11.4 Å². The van der Waals surface area contributed by atoms with Crippen LogP contribution in [0.3, 0.4) is 0 Å². The number of hydrogen-bond acceptors (Lipinski definition) is 5. The number of aromatic nitrogens is 3. The SMILES string of the molecule is CN1CCN(C(=O)CCCCc2cn[nH]n2)C[C@@]12CCOC2. The van der Waals surface area contributed by atoms with Crippen LogP contribution in [0.4, 0.5) is 0 Å². The molecule has 2 saturated heterocycles. The maximum atomic E-state index is 12.4. The number of piperazine rings is 1. The minimum Gasteiger partial charge on any atom is -0.379 e. The Labute approximate surface area is 131 Å². The molecule has 7 heteroatoms. The van der Waals surface area contributed by atoms with E-state index in [4.69, 9.17) is 4.74 Å². The number of amides is 1. The topological polar surface area (TPSA) is 74.4 Å². The summed E-state index contributed by atoms with van der Waals surface area (Å²) in [6.45, 7) is 4.14. The molecular formula is C15H25N5O2. The number of ether oxygens (including phenoxy) is 1. The lowest BCUT2D eigenvalue weighted by molar-refractivity contribution is -0.136. The van der Waals surface area contributed by atoms with E-state index in [0.717, 1.165) is 64.2 Å². The molecule has 0 aliphatic carbocycles. The maximum absolute atomic E-state index is 12.4. The molecule has 1 atom stereocenters. The number of nitrogens with one attached hydrogen (secondary N) is 1. The zero-order valence-corrected chi connectivity index (χ0v) is 13.3. The first-order valence-electron chi connectivity index (χ1n) is 8.11. The van der Waals surface area contributed by atoms with Gasteiger partial charge in [0.1, 0.15) is 0 Å².